The minimum Gasteiger partial charge on any atom is -0.748 e. The molecule has 0 radical (unpaired) electrons. The van der Waals surface area contributed by atoms with Crippen LogP contribution < -0.4 is 5.30 Å². The molecule has 0 saturated heterocycles. The van der Waals surface area contributed by atoms with Crippen LogP contribution in [0.4, 0.5) is 0 Å². The molecule has 1 unspecified atom stereocenters. The first-order valence-corrected chi connectivity index (χ1v) is 12.4. The summed E-state index contributed by atoms with van der Waals surface area (Å²) in [7, 11) is 3.05. The quantitative estimate of drug-likeness (QED) is 0.123. The average molecular weight is 522 g/mol. The second-order valence-electron chi connectivity index (χ2n) is 8.34. The topological polar surface area (TPSA) is 0 Å². The minimum atomic E-state index is 0. The van der Waals surface area contributed by atoms with Crippen LogP contribution in [0.15, 0.2) is 152 Å². The van der Waals surface area contributed by atoms with Crippen molar-refractivity contribution in [1.82, 2.24) is 0 Å². The molecule has 0 saturated carbocycles. The molecule has 182 valence electrons. The van der Waals surface area contributed by atoms with E-state index in [1.807, 2.05) is 30.3 Å². The molecule has 36 heavy (non-hydrogen) atoms. The van der Waals surface area contributed by atoms with Crippen molar-refractivity contribution in [3.05, 3.63) is 152 Å². The zero-order valence-corrected chi connectivity index (χ0v) is 22.1. The van der Waals surface area contributed by atoms with Gasteiger partial charge in [0, 0.05) is 17.1 Å². The Hall–Kier alpha value is -3.47. The summed E-state index contributed by atoms with van der Waals surface area (Å²) in [6, 6.07) is 53.0. The largest absolute Gasteiger partial charge is 0.748 e. The zero-order valence-electron chi connectivity index (χ0n) is 19.9. The maximum atomic E-state index is 3.05. The zero-order chi connectivity index (χ0) is 23.9. The van der Waals surface area contributed by atoms with E-state index < -0.39 is 0 Å². The molecule has 2 heteroatoms. The van der Waals surface area contributed by atoms with Crippen LogP contribution in [0, 0.1) is 0 Å². The van der Waals surface area contributed by atoms with E-state index >= 15 is 0 Å². The molecule has 0 fully saturated rings. The van der Waals surface area contributed by atoms with Crippen molar-refractivity contribution >= 4 is 14.5 Å². The van der Waals surface area contributed by atoms with E-state index in [2.05, 4.69) is 131 Å². The van der Waals surface area contributed by atoms with E-state index in [0.29, 0.717) is 0 Å². The fourth-order valence-electron chi connectivity index (χ4n) is 4.56. The van der Waals surface area contributed by atoms with E-state index in [1.54, 1.807) is 0 Å². The Kier molecular flexibility index (Phi) is 8.88. The molecule has 1 atom stereocenters. The summed E-state index contributed by atoms with van der Waals surface area (Å²) in [5.74, 6) is 0. The molecule has 0 aliphatic rings. The first-order valence-electron chi connectivity index (χ1n) is 11.8. The van der Waals surface area contributed by atoms with Crippen LogP contribution in [0.3, 0.4) is 0 Å². The molecule has 0 nitrogen and oxygen atoms in total. The Balaban J connectivity index is 0.000000455. The third kappa shape index (κ3) is 5.51. The molecule has 6 rings (SSSR count). The Morgan fingerprint density at radius 2 is 0.639 bits per heavy atom. The van der Waals surface area contributed by atoms with Crippen molar-refractivity contribution in [2.24, 2.45) is 0 Å². The molecule has 0 amide bonds. The molecule has 6 aromatic rings. The Morgan fingerprint density at radius 1 is 0.389 bits per heavy atom. The molecule has 0 aliphatic carbocycles. The van der Waals surface area contributed by atoms with Gasteiger partial charge >= 0.3 is 0 Å². The Bertz CT molecular complexity index is 1330. The summed E-state index contributed by atoms with van der Waals surface area (Å²) in [4.78, 5) is 0. The van der Waals surface area contributed by atoms with Crippen molar-refractivity contribution in [2.45, 2.75) is 0 Å². The summed E-state index contributed by atoms with van der Waals surface area (Å²) in [6.45, 7) is 0. The molecule has 0 N–H and O–H groups in total. The second kappa shape index (κ2) is 12.5. The van der Waals surface area contributed by atoms with Gasteiger partial charge in [-0.3, -0.25) is 0 Å². The van der Waals surface area contributed by atoms with Crippen LogP contribution >= 0.6 is 9.24 Å². The summed E-state index contributed by atoms with van der Waals surface area (Å²) in [6.07, 6.45) is 0. The fraction of sp³-hybridized carbons (Fsp3) is 0. The van der Waals surface area contributed by atoms with Crippen molar-refractivity contribution in [1.29, 1.82) is 0 Å². The van der Waals surface area contributed by atoms with Gasteiger partial charge < -0.3 is 30.3 Å². The van der Waals surface area contributed by atoms with E-state index in [1.165, 1.54) is 49.8 Å². The van der Waals surface area contributed by atoms with Gasteiger partial charge in [0.1, 0.15) is 0 Å². The summed E-state index contributed by atoms with van der Waals surface area (Å²) >= 11 is 0. The molecule has 0 heterocycles. The van der Waals surface area contributed by atoms with Crippen molar-refractivity contribution in [3.8, 4) is 44.5 Å². The van der Waals surface area contributed by atoms with Crippen molar-refractivity contribution in [2.75, 3.05) is 0 Å². The molecule has 0 aromatic heterocycles. The van der Waals surface area contributed by atoms with Gasteiger partial charge in [0.2, 0.25) is 0 Å². The number of rotatable bonds is 4. The second-order valence-corrected chi connectivity index (χ2v) is 8.92. The first-order chi connectivity index (χ1) is 17.3. The number of benzene rings is 4. The van der Waals surface area contributed by atoms with E-state index in [4.69, 9.17) is 0 Å². The van der Waals surface area contributed by atoms with Gasteiger partial charge in [-0.1, -0.05) is 160 Å². The average Bonchev–Trinajstić information content (AvgIpc) is 3.61. The van der Waals surface area contributed by atoms with Crippen LogP contribution in [-0.4, -0.2) is 0 Å². The summed E-state index contributed by atoms with van der Waals surface area (Å²) in [5.41, 5.74) is 10.1. The van der Waals surface area contributed by atoms with Crippen LogP contribution in [0.2, 0.25) is 0 Å². The summed E-state index contributed by atoms with van der Waals surface area (Å²) < 4.78 is 0. The van der Waals surface area contributed by atoms with Crippen LogP contribution in [0.1, 0.15) is 0 Å². The van der Waals surface area contributed by atoms with E-state index in [-0.39, 0.29) is 17.1 Å². The predicted octanol–water partition coefficient (Wildman–Crippen LogP) is 8.98. The fourth-order valence-corrected chi connectivity index (χ4v) is 5.18. The van der Waals surface area contributed by atoms with Gasteiger partial charge in [-0.05, 0) is 0 Å². The molecular formula is C34H27FeP-6. The SMILES string of the molecule is P[c-]1c(-c2ccccc2)c(-c2ccccc2)c(-c2ccccc2)c1-c1ccccc1.[Fe].[cH-]1[cH-][cH-][cH-][cH-]1. The maximum Gasteiger partial charge on any atom is 0 e. The standard InChI is InChI=1S/C29H22P.C5H5.Fe/c30-29-27(23-17-9-3-10-18-23)25(21-13-5-1-6-14-21)26(22-15-7-2-8-16-22)28(29)24-19-11-4-12-20-24;1-2-4-5-3-1;/h1-20H,30H2;1-5H;/q-1;-5;. The molecule has 0 aliphatic heterocycles. The van der Waals surface area contributed by atoms with Gasteiger partial charge in [-0.25, -0.2) is 0 Å². The molecule has 0 spiro atoms. The number of hydrogen-bond acceptors (Lipinski definition) is 0. The maximum absolute atomic E-state index is 3.05. The van der Waals surface area contributed by atoms with Crippen molar-refractivity contribution < 1.29 is 17.1 Å². The van der Waals surface area contributed by atoms with E-state index in [9.17, 15) is 0 Å². The minimum absolute atomic E-state index is 0. The predicted molar refractivity (Wildman–Crippen MR) is 155 cm³/mol. The van der Waals surface area contributed by atoms with Crippen LogP contribution in [0.25, 0.3) is 44.5 Å². The van der Waals surface area contributed by atoms with Gasteiger partial charge in [-0.2, -0.15) is 0 Å². The first kappa shape index (κ1) is 25.6. The number of hydrogen-bond donors (Lipinski definition) is 0. The third-order valence-electron chi connectivity index (χ3n) is 6.09. The van der Waals surface area contributed by atoms with Gasteiger partial charge in [-0.15, -0.1) is 20.4 Å². The van der Waals surface area contributed by atoms with Gasteiger partial charge in [0.05, 0.1) is 0 Å². The summed E-state index contributed by atoms with van der Waals surface area (Å²) in [5, 5.41) is 1.24. The van der Waals surface area contributed by atoms with Crippen molar-refractivity contribution in [3.63, 3.8) is 0 Å². The van der Waals surface area contributed by atoms with E-state index in [0.717, 1.165) is 0 Å². The van der Waals surface area contributed by atoms with Gasteiger partial charge in [0.15, 0.2) is 0 Å². The normalized spacial score (nSPS) is 10.1. The molecule has 6 aromatic carbocycles. The van der Waals surface area contributed by atoms with Crippen LogP contribution in [0.5, 0.6) is 0 Å². The van der Waals surface area contributed by atoms with Gasteiger partial charge in [0.25, 0.3) is 0 Å². The monoisotopic (exact) mass is 522 g/mol. The smallest absolute Gasteiger partial charge is 0 e. The third-order valence-corrected chi connectivity index (χ3v) is 6.67. The Morgan fingerprint density at radius 3 is 0.917 bits per heavy atom. The molecule has 0 bridgehead atoms. The van der Waals surface area contributed by atoms with Crippen LogP contribution in [-0.2, 0) is 17.1 Å². The molecular weight excluding hydrogens is 495 g/mol. The Labute approximate surface area is 227 Å².